The molecule has 0 saturated carbocycles. The summed E-state index contributed by atoms with van der Waals surface area (Å²) in [5, 5.41) is 3.41. The van der Waals surface area contributed by atoms with Gasteiger partial charge < -0.3 is 16.0 Å². The first-order valence-corrected chi connectivity index (χ1v) is 6.04. The molecule has 1 fully saturated rings. The van der Waals surface area contributed by atoms with Crippen LogP contribution < -0.4 is 11.1 Å². The van der Waals surface area contributed by atoms with E-state index in [2.05, 4.69) is 39.1 Å². The summed E-state index contributed by atoms with van der Waals surface area (Å²) in [4.78, 5) is 14.1. The zero-order valence-electron chi connectivity index (χ0n) is 10.0. The number of piperidine rings is 1. The summed E-state index contributed by atoms with van der Waals surface area (Å²) in [6.07, 6.45) is 1.06. The van der Waals surface area contributed by atoms with Gasteiger partial charge in [-0.2, -0.15) is 15.0 Å². The minimum Gasteiger partial charge on any atom is -0.368 e. The van der Waals surface area contributed by atoms with E-state index in [4.69, 9.17) is 17.3 Å². The fourth-order valence-electron chi connectivity index (χ4n) is 2.16. The Hall–Kier alpha value is -1.14. The highest BCUT2D eigenvalue weighted by Gasteiger charge is 2.24. The molecule has 3 N–H and O–H groups in total. The van der Waals surface area contributed by atoms with Gasteiger partial charge >= 0.3 is 0 Å². The zero-order chi connectivity index (χ0) is 12.4. The van der Waals surface area contributed by atoms with Crippen LogP contribution in [0.5, 0.6) is 0 Å². The van der Waals surface area contributed by atoms with Crippen LogP contribution in [0.4, 0.5) is 11.9 Å². The highest BCUT2D eigenvalue weighted by Crippen LogP contribution is 2.19. The van der Waals surface area contributed by atoms with Gasteiger partial charge in [0.15, 0.2) is 0 Å². The lowest BCUT2D eigenvalue weighted by Gasteiger charge is -2.35. The SMILES string of the molecule is CC1CN(C)CCC1Nc1nc(N)nc(Cl)n1. The van der Waals surface area contributed by atoms with Gasteiger partial charge in [-0.25, -0.2) is 0 Å². The van der Waals surface area contributed by atoms with Crippen molar-refractivity contribution in [3.63, 3.8) is 0 Å². The molecule has 0 aliphatic carbocycles. The van der Waals surface area contributed by atoms with Gasteiger partial charge in [-0.3, -0.25) is 0 Å². The monoisotopic (exact) mass is 256 g/mol. The second-order valence-electron chi connectivity index (χ2n) is 4.57. The van der Waals surface area contributed by atoms with Gasteiger partial charge in [0.1, 0.15) is 0 Å². The molecule has 7 heteroatoms. The number of hydrogen-bond acceptors (Lipinski definition) is 6. The topological polar surface area (TPSA) is 80.0 Å². The van der Waals surface area contributed by atoms with Gasteiger partial charge in [0.25, 0.3) is 0 Å². The fourth-order valence-corrected chi connectivity index (χ4v) is 2.33. The van der Waals surface area contributed by atoms with Gasteiger partial charge in [-0.05, 0) is 37.5 Å². The number of anilines is 2. The van der Waals surface area contributed by atoms with E-state index in [0.29, 0.717) is 17.9 Å². The van der Waals surface area contributed by atoms with Crippen molar-refractivity contribution in [2.75, 3.05) is 31.2 Å². The Kier molecular flexibility index (Phi) is 3.63. The highest BCUT2D eigenvalue weighted by molar-refractivity contribution is 6.28. The first-order chi connectivity index (χ1) is 8.04. The van der Waals surface area contributed by atoms with Crippen molar-refractivity contribution in [1.82, 2.24) is 19.9 Å². The van der Waals surface area contributed by atoms with Crippen LogP contribution in [0.2, 0.25) is 5.28 Å². The number of likely N-dealkylation sites (tertiary alicyclic amines) is 1. The van der Waals surface area contributed by atoms with Crippen molar-refractivity contribution in [1.29, 1.82) is 0 Å². The summed E-state index contributed by atoms with van der Waals surface area (Å²) in [6, 6.07) is 0.351. The Morgan fingerprint density at radius 3 is 2.82 bits per heavy atom. The van der Waals surface area contributed by atoms with Crippen LogP contribution in [0.25, 0.3) is 0 Å². The molecule has 2 rings (SSSR count). The molecule has 2 heterocycles. The Morgan fingerprint density at radius 1 is 1.41 bits per heavy atom. The summed E-state index contributed by atoms with van der Waals surface area (Å²) in [6.45, 7) is 4.34. The van der Waals surface area contributed by atoms with E-state index >= 15 is 0 Å². The average Bonchev–Trinajstić information content (AvgIpc) is 2.21. The van der Waals surface area contributed by atoms with Gasteiger partial charge in [0.2, 0.25) is 17.2 Å². The third-order valence-corrected chi connectivity index (χ3v) is 3.22. The third kappa shape index (κ3) is 3.17. The summed E-state index contributed by atoms with van der Waals surface area (Å²) in [7, 11) is 2.13. The number of nitrogens with one attached hydrogen (secondary N) is 1. The zero-order valence-corrected chi connectivity index (χ0v) is 10.8. The molecule has 1 aromatic heterocycles. The molecule has 0 aromatic carbocycles. The number of nitrogens with zero attached hydrogens (tertiary/aromatic N) is 4. The fraction of sp³-hybridized carbons (Fsp3) is 0.700. The third-order valence-electron chi connectivity index (χ3n) is 3.05. The molecule has 0 bridgehead atoms. The van der Waals surface area contributed by atoms with E-state index < -0.39 is 0 Å². The van der Waals surface area contributed by atoms with Crippen LogP contribution >= 0.6 is 11.6 Å². The second kappa shape index (κ2) is 5.01. The van der Waals surface area contributed by atoms with E-state index in [1.807, 2.05) is 0 Å². The highest BCUT2D eigenvalue weighted by atomic mass is 35.5. The minimum absolute atomic E-state index is 0.126. The maximum atomic E-state index is 5.74. The maximum absolute atomic E-state index is 5.74. The Balaban J connectivity index is 2.05. The van der Waals surface area contributed by atoms with Crippen molar-refractivity contribution in [3.05, 3.63) is 5.28 Å². The molecular formula is C10H17ClN6. The molecule has 2 atom stereocenters. The van der Waals surface area contributed by atoms with E-state index in [1.165, 1.54) is 0 Å². The van der Waals surface area contributed by atoms with Crippen molar-refractivity contribution in [2.24, 2.45) is 5.92 Å². The second-order valence-corrected chi connectivity index (χ2v) is 4.90. The number of halogens is 1. The van der Waals surface area contributed by atoms with Gasteiger partial charge in [-0.15, -0.1) is 0 Å². The quantitative estimate of drug-likeness (QED) is 0.817. The van der Waals surface area contributed by atoms with E-state index in [-0.39, 0.29) is 11.2 Å². The molecule has 17 heavy (non-hydrogen) atoms. The Labute approximate surface area is 106 Å². The molecule has 0 radical (unpaired) electrons. The van der Waals surface area contributed by atoms with Crippen LogP contribution in [0.1, 0.15) is 13.3 Å². The summed E-state index contributed by atoms with van der Waals surface area (Å²) in [5.41, 5.74) is 5.53. The van der Waals surface area contributed by atoms with Crippen molar-refractivity contribution in [3.8, 4) is 0 Å². The van der Waals surface area contributed by atoms with Gasteiger partial charge in [0, 0.05) is 12.6 Å². The van der Waals surface area contributed by atoms with Crippen molar-refractivity contribution < 1.29 is 0 Å². The number of nitrogens with two attached hydrogens (primary N) is 1. The number of rotatable bonds is 2. The van der Waals surface area contributed by atoms with Crippen LogP contribution in [0.3, 0.4) is 0 Å². The molecule has 0 spiro atoms. The van der Waals surface area contributed by atoms with E-state index in [1.54, 1.807) is 0 Å². The molecule has 0 amide bonds. The average molecular weight is 257 g/mol. The Bertz CT molecular complexity index is 378. The molecule has 1 aliphatic rings. The van der Waals surface area contributed by atoms with Crippen LogP contribution in [-0.2, 0) is 0 Å². The van der Waals surface area contributed by atoms with Gasteiger partial charge in [0.05, 0.1) is 0 Å². The summed E-state index contributed by atoms with van der Waals surface area (Å²) < 4.78 is 0. The van der Waals surface area contributed by atoms with Crippen LogP contribution in [-0.4, -0.2) is 46.0 Å². The van der Waals surface area contributed by atoms with E-state index in [0.717, 1.165) is 19.5 Å². The normalized spacial score (nSPS) is 25.8. The molecular weight excluding hydrogens is 240 g/mol. The molecule has 1 aromatic rings. The smallest absolute Gasteiger partial charge is 0.229 e. The first kappa shape index (κ1) is 12.3. The van der Waals surface area contributed by atoms with Crippen LogP contribution in [0.15, 0.2) is 0 Å². The van der Waals surface area contributed by atoms with Gasteiger partial charge in [-0.1, -0.05) is 6.92 Å². The molecule has 6 nitrogen and oxygen atoms in total. The lowest BCUT2D eigenvalue weighted by atomic mass is 9.94. The first-order valence-electron chi connectivity index (χ1n) is 5.66. The maximum Gasteiger partial charge on any atom is 0.229 e. The lowest BCUT2D eigenvalue weighted by molar-refractivity contribution is 0.206. The largest absolute Gasteiger partial charge is 0.368 e. The number of hydrogen-bond donors (Lipinski definition) is 2. The predicted octanol–water partition coefficient (Wildman–Crippen LogP) is 0.859. The number of aromatic nitrogens is 3. The van der Waals surface area contributed by atoms with Crippen molar-refractivity contribution in [2.45, 2.75) is 19.4 Å². The minimum atomic E-state index is 0.126. The summed E-state index contributed by atoms with van der Waals surface area (Å²) >= 11 is 5.74. The lowest BCUT2D eigenvalue weighted by Crippen LogP contribution is -2.43. The van der Waals surface area contributed by atoms with Crippen molar-refractivity contribution >= 4 is 23.5 Å². The van der Waals surface area contributed by atoms with Crippen LogP contribution in [0, 0.1) is 5.92 Å². The molecule has 94 valence electrons. The summed E-state index contributed by atoms with van der Waals surface area (Å²) in [5.74, 6) is 1.14. The molecule has 1 saturated heterocycles. The molecule has 1 aliphatic heterocycles. The number of nitrogen functional groups attached to an aromatic ring is 1. The Morgan fingerprint density at radius 2 is 2.18 bits per heavy atom. The van der Waals surface area contributed by atoms with E-state index in [9.17, 15) is 0 Å². The molecule has 2 unspecified atom stereocenters. The standard InChI is InChI=1S/C10H17ClN6/c1-6-5-17(2)4-3-7(6)13-10-15-8(11)14-9(12)16-10/h6-7H,3-5H2,1-2H3,(H3,12,13,14,15,16). The predicted molar refractivity (Wildman–Crippen MR) is 67.9 cm³/mol.